The first-order valence-electron chi connectivity index (χ1n) is 11.1. The summed E-state index contributed by atoms with van der Waals surface area (Å²) in [7, 11) is 0. The van der Waals surface area contributed by atoms with Crippen LogP contribution in [0.3, 0.4) is 0 Å². The first kappa shape index (κ1) is 26.6. The Bertz CT molecular complexity index is 425. The van der Waals surface area contributed by atoms with Gasteiger partial charge in [0.25, 0.3) is 0 Å². The third kappa shape index (κ3) is 18.0. The second-order valence-corrected chi connectivity index (χ2v) is 7.68. The van der Waals surface area contributed by atoms with E-state index in [4.69, 9.17) is 15.6 Å². The van der Waals surface area contributed by atoms with Crippen LogP contribution in [-0.2, 0) is 19.1 Å². The van der Waals surface area contributed by atoms with Crippen molar-refractivity contribution in [1.29, 1.82) is 0 Å². The Hall–Kier alpha value is -1.43. The monoisotopic (exact) mass is 399 g/mol. The van der Waals surface area contributed by atoms with Crippen LogP contribution in [0.5, 0.6) is 0 Å². The average molecular weight is 400 g/mol. The zero-order valence-electron chi connectivity index (χ0n) is 17.8. The first-order chi connectivity index (χ1) is 13.5. The average Bonchev–Trinajstić information content (AvgIpc) is 2.67. The van der Waals surface area contributed by atoms with Crippen LogP contribution in [0.1, 0.15) is 110 Å². The molecule has 0 aliphatic heterocycles. The third-order valence-electron chi connectivity index (χ3n) is 4.93. The fourth-order valence-corrected chi connectivity index (χ4v) is 3.04. The number of nitrogens with two attached hydrogens (primary N) is 1. The quantitative estimate of drug-likeness (QED) is 0.225. The molecular weight excluding hydrogens is 358 g/mol. The topological polar surface area (TPSA) is 107 Å². The summed E-state index contributed by atoms with van der Waals surface area (Å²) < 4.78 is 4.86. The fourth-order valence-electron chi connectivity index (χ4n) is 3.04. The van der Waals surface area contributed by atoms with Gasteiger partial charge in [-0.15, -0.1) is 0 Å². The lowest BCUT2D eigenvalue weighted by atomic mass is 10.0. The highest BCUT2D eigenvalue weighted by molar-refractivity contribution is 5.82. The molecule has 0 fully saturated rings. The van der Waals surface area contributed by atoms with Gasteiger partial charge in [-0.2, -0.15) is 0 Å². The Kier molecular flexibility index (Phi) is 17.9. The summed E-state index contributed by atoms with van der Waals surface area (Å²) in [6.45, 7) is 2.02. The number of ketones is 1. The summed E-state index contributed by atoms with van der Waals surface area (Å²) in [6.07, 6.45) is 16.7. The van der Waals surface area contributed by atoms with Crippen molar-refractivity contribution < 1.29 is 24.2 Å². The zero-order valence-corrected chi connectivity index (χ0v) is 17.8. The van der Waals surface area contributed by atoms with Gasteiger partial charge in [0.1, 0.15) is 12.6 Å². The van der Waals surface area contributed by atoms with Crippen LogP contribution in [-0.4, -0.2) is 35.5 Å². The lowest BCUT2D eigenvalue weighted by Gasteiger charge is -2.07. The number of rotatable bonds is 20. The molecule has 0 aromatic heterocycles. The fraction of sp³-hybridized carbons (Fsp3) is 0.864. The molecule has 0 radical (unpaired) electrons. The molecule has 0 saturated heterocycles. The van der Waals surface area contributed by atoms with Gasteiger partial charge < -0.3 is 15.6 Å². The van der Waals surface area contributed by atoms with Crippen LogP contribution in [0.25, 0.3) is 0 Å². The maximum atomic E-state index is 11.7. The molecule has 0 spiro atoms. The van der Waals surface area contributed by atoms with Crippen molar-refractivity contribution in [2.24, 2.45) is 5.73 Å². The molecule has 0 amide bonds. The highest BCUT2D eigenvalue weighted by Crippen LogP contribution is 2.13. The molecule has 0 heterocycles. The van der Waals surface area contributed by atoms with E-state index in [1.54, 1.807) is 0 Å². The van der Waals surface area contributed by atoms with Crippen molar-refractivity contribution in [2.75, 3.05) is 6.61 Å². The van der Waals surface area contributed by atoms with Crippen molar-refractivity contribution in [2.45, 2.75) is 116 Å². The molecule has 3 N–H and O–H groups in total. The number of unbranched alkanes of at least 4 members (excludes halogenated alkanes) is 12. The van der Waals surface area contributed by atoms with Gasteiger partial charge in [-0.05, 0) is 12.8 Å². The Morgan fingerprint density at radius 2 is 1.25 bits per heavy atom. The molecule has 0 aliphatic carbocycles. The molecule has 6 nitrogen and oxygen atoms in total. The summed E-state index contributed by atoms with van der Waals surface area (Å²) in [4.78, 5) is 33.7. The van der Waals surface area contributed by atoms with Crippen molar-refractivity contribution in [1.82, 2.24) is 0 Å². The number of carbonyl (C=O) groups excluding carboxylic acids is 2. The van der Waals surface area contributed by atoms with Crippen LogP contribution in [0, 0.1) is 0 Å². The van der Waals surface area contributed by atoms with Gasteiger partial charge in [-0.1, -0.05) is 84.0 Å². The molecule has 0 bridgehead atoms. The van der Waals surface area contributed by atoms with Gasteiger partial charge >= 0.3 is 11.9 Å². The van der Waals surface area contributed by atoms with Crippen molar-refractivity contribution >= 4 is 17.7 Å². The molecule has 0 saturated carbocycles. The predicted octanol–water partition coefficient (Wildman–Crippen LogP) is 4.77. The van der Waals surface area contributed by atoms with Crippen molar-refractivity contribution in [3.63, 3.8) is 0 Å². The van der Waals surface area contributed by atoms with Crippen LogP contribution >= 0.6 is 0 Å². The van der Waals surface area contributed by atoms with Crippen molar-refractivity contribution in [3.8, 4) is 0 Å². The highest BCUT2D eigenvalue weighted by Gasteiger charge is 2.14. The van der Waals surface area contributed by atoms with E-state index in [1.165, 1.54) is 64.2 Å². The minimum absolute atomic E-state index is 0.0151. The zero-order chi connectivity index (χ0) is 21.0. The van der Waals surface area contributed by atoms with Gasteiger partial charge in [0, 0.05) is 12.8 Å². The maximum Gasteiger partial charge on any atom is 0.320 e. The summed E-state index contributed by atoms with van der Waals surface area (Å²) in [5, 5.41) is 8.63. The van der Waals surface area contributed by atoms with Gasteiger partial charge in [0.05, 0.1) is 0 Å². The Balaban J connectivity index is 3.37. The van der Waals surface area contributed by atoms with E-state index < -0.39 is 18.0 Å². The highest BCUT2D eigenvalue weighted by atomic mass is 16.5. The number of aliphatic carboxylic acids is 1. The summed E-state index contributed by atoms with van der Waals surface area (Å²) >= 11 is 0. The molecule has 164 valence electrons. The Labute approximate surface area is 170 Å². The minimum atomic E-state index is -1.15. The summed E-state index contributed by atoms with van der Waals surface area (Å²) in [6, 6.07) is -1.07. The molecule has 28 heavy (non-hydrogen) atoms. The van der Waals surface area contributed by atoms with Crippen molar-refractivity contribution in [3.05, 3.63) is 0 Å². The molecular formula is C22H41NO5. The van der Waals surface area contributed by atoms with E-state index in [9.17, 15) is 14.4 Å². The predicted molar refractivity (Wildman–Crippen MR) is 111 cm³/mol. The van der Waals surface area contributed by atoms with Gasteiger partial charge in [0.2, 0.25) is 0 Å². The Morgan fingerprint density at radius 1 is 0.786 bits per heavy atom. The SMILES string of the molecule is CCCCCCCCCCCCCCCC(=O)COC(=O)CC[C@H](N)C(=O)O. The van der Waals surface area contributed by atoms with Crippen LogP contribution in [0.15, 0.2) is 0 Å². The standard InChI is InChI=1S/C22H41NO5/c1-2-3-4-5-6-7-8-9-10-11-12-13-14-15-19(24)18-28-21(25)17-16-20(23)22(26)27/h20H,2-18,23H2,1H3,(H,26,27)/t20-/m0/s1. The number of hydrogen-bond acceptors (Lipinski definition) is 5. The van der Waals surface area contributed by atoms with E-state index in [1.807, 2.05) is 0 Å². The Morgan fingerprint density at radius 3 is 1.71 bits per heavy atom. The third-order valence-corrected chi connectivity index (χ3v) is 4.93. The molecule has 0 aromatic rings. The molecule has 0 aliphatic rings. The molecule has 0 rings (SSSR count). The lowest BCUT2D eigenvalue weighted by Crippen LogP contribution is -2.30. The molecule has 6 heteroatoms. The van der Waals surface area contributed by atoms with E-state index in [0.717, 1.165) is 19.3 Å². The number of esters is 1. The van der Waals surface area contributed by atoms with Gasteiger partial charge in [-0.25, -0.2) is 0 Å². The summed E-state index contributed by atoms with van der Waals surface area (Å²) in [5.74, 6) is -1.80. The van der Waals surface area contributed by atoms with E-state index in [-0.39, 0.29) is 25.2 Å². The number of carboxylic acid groups (broad SMARTS) is 1. The first-order valence-corrected chi connectivity index (χ1v) is 11.1. The molecule has 0 unspecified atom stereocenters. The normalized spacial score (nSPS) is 11.9. The summed E-state index contributed by atoms with van der Waals surface area (Å²) in [5.41, 5.74) is 5.31. The van der Waals surface area contributed by atoms with Crippen LogP contribution in [0.2, 0.25) is 0 Å². The second kappa shape index (κ2) is 18.9. The molecule has 1 atom stereocenters. The smallest absolute Gasteiger partial charge is 0.320 e. The van der Waals surface area contributed by atoms with Gasteiger partial charge in [0.15, 0.2) is 5.78 Å². The second-order valence-electron chi connectivity index (χ2n) is 7.68. The number of hydrogen-bond donors (Lipinski definition) is 2. The number of carbonyl (C=O) groups is 3. The van der Waals surface area contributed by atoms with E-state index in [2.05, 4.69) is 6.92 Å². The number of carboxylic acids is 1. The van der Waals surface area contributed by atoms with Crippen LogP contribution < -0.4 is 5.73 Å². The minimum Gasteiger partial charge on any atom is -0.480 e. The number of Topliss-reactive ketones (excluding diaryl/α,β-unsaturated/α-hetero) is 1. The van der Waals surface area contributed by atoms with E-state index >= 15 is 0 Å². The van der Waals surface area contributed by atoms with E-state index in [0.29, 0.717) is 6.42 Å². The van der Waals surface area contributed by atoms with Gasteiger partial charge in [-0.3, -0.25) is 14.4 Å². The largest absolute Gasteiger partial charge is 0.480 e. The lowest BCUT2D eigenvalue weighted by molar-refractivity contribution is -0.148. The van der Waals surface area contributed by atoms with Crippen LogP contribution in [0.4, 0.5) is 0 Å². The maximum absolute atomic E-state index is 11.7. The number of ether oxygens (including phenoxy) is 1. The molecule has 0 aromatic carbocycles.